The third-order valence-electron chi connectivity index (χ3n) is 2.69. The van der Waals surface area contributed by atoms with Crippen molar-refractivity contribution in [1.82, 2.24) is 4.57 Å². The van der Waals surface area contributed by atoms with Crippen LogP contribution in [-0.4, -0.2) is 10.5 Å². The van der Waals surface area contributed by atoms with Crippen LogP contribution in [-0.2, 0) is 11.3 Å². The Bertz CT molecular complexity index is 648. The molecular weight excluding hydrogens is 375 g/mol. The molecule has 1 heterocycles. The second-order valence-electron chi connectivity index (χ2n) is 4.07. The van der Waals surface area contributed by atoms with Crippen LogP contribution in [0.15, 0.2) is 34.4 Å². The average Bonchev–Trinajstić information content (AvgIpc) is 2.70. The summed E-state index contributed by atoms with van der Waals surface area (Å²) in [5.41, 5.74) is 1.71. The van der Waals surface area contributed by atoms with Crippen LogP contribution in [0.5, 0.6) is 0 Å². The number of aromatic nitrogens is 1. The van der Waals surface area contributed by atoms with Gasteiger partial charge in [-0.2, -0.15) is 0 Å². The quantitative estimate of drug-likeness (QED) is 0.820. The summed E-state index contributed by atoms with van der Waals surface area (Å²) in [5.74, 6) is -0.0818. The minimum Gasteiger partial charge on any atom is -0.325 e. The average molecular weight is 388 g/mol. The van der Waals surface area contributed by atoms with Gasteiger partial charge in [0.1, 0.15) is 0 Å². The Morgan fingerprint density at radius 3 is 2.79 bits per heavy atom. The van der Waals surface area contributed by atoms with Gasteiger partial charge in [0.05, 0.1) is 5.69 Å². The Labute approximate surface area is 128 Å². The number of carbonyl (C=O) groups is 1. The molecule has 0 saturated heterocycles. The Balaban J connectivity index is 1.96. The number of anilines is 1. The van der Waals surface area contributed by atoms with Gasteiger partial charge in [0, 0.05) is 27.6 Å². The molecule has 0 radical (unpaired) electrons. The van der Waals surface area contributed by atoms with E-state index in [4.69, 9.17) is 0 Å². The van der Waals surface area contributed by atoms with E-state index in [0.717, 1.165) is 26.3 Å². The van der Waals surface area contributed by atoms with Crippen molar-refractivity contribution in [2.75, 3.05) is 5.32 Å². The fourth-order valence-corrected chi connectivity index (χ4v) is 2.95. The topological polar surface area (TPSA) is 51.1 Å². The maximum Gasteiger partial charge on any atom is 0.307 e. The van der Waals surface area contributed by atoms with Crippen molar-refractivity contribution in [3.05, 3.63) is 48.6 Å². The second-order valence-corrected chi connectivity index (χ2v) is 6.06. The van der Waals surface area contributed by atoms with E-state index in [1.165, 1.54) is 0 Å². The van der Waals surface area contributed by atoms with Gasteiger partial charge < -0.3 is 9.88 Å². The molecule has 0 saturated carbocycles. The predicted octanol–water partition coefficient (Wildman–Crippen LogP) is 2.85. The minimum atomic E-state index is -0.0818. The lowest BCUT2D eigenvalue weighted by atomic mass is 10.3. The van der Waals surface area contributed by atoms with Crippen molar-refractivity contribution in [2.45, 2.75) is 19.9 Å². The summed E-state index contributed by atoms with van der Waals surface area (Å²) in [4.78, 5) is 23.4. The number of benzene rings is 1. The molecular formula is C13H13IN2O2S. The number of thiazole rings is 1. The number of nitrogens with one attached hydrogen (secondary N) is 1. The summed E-state index contributed by atoms with van der Waals surface area (Å²) < 4.78 is 2.62. The van der Waals surface area contributed by atoms with Crippen molar-refractivity contribution in [3.8, 4) is 0 Å². The van der Waals surface area contributed by atoms with Crippen LogP contribution in [0.25, 0.3) is 0 Å². The highest BCUT2D eigenvalue weighted by molar-refractivity contribution is 14.1. The molecule has 0 atom stereocenters. The largest absolute Gasteiger partial charge is 0.325 e. The third-order valence-corrected chi connectivity index (χ3v) is 4.51. The molecule has 0 spiro atoms. The van der Waals surface area contributed by atoms with Crippen LogP contribution in [0.2, 0.25) is 0 Å². The minimum absolute atomic E-state index is 0.0143. The molecule has 0 aliphatic rings. The van der Waals surface area contributed by atoms with E-state index >= 15 is 0 Å². The first-order chi connectivity index (χ1) is 9.08. The lowest BCUT2D eigenvalue weighted by Crippen LogP contribution is -2.20. The SMILES string of the molecule is Cc1csc(=O)n1CCC(=O)Nc1ccccc1I. The lowest BCUT2D eigenvalue weighted by molar-refractivity contribution is -0.116. The Morgan fingerprint density at radius 2 is 2.16 bits per heavy atom. The second kappa shape index (κ2) is 6.33. The van der Waals surface area contributed by atoms with E-state index in [2.05, 4.69) is 27.9 Å². The molecule has 1 aromatic carbocycles. The lowest BCUT2D eigenvalue weighted by Gasteiger charge is -2.08. The summed E-state index contributed by atoms with van der Waals surface area (Å²) >= 11 is 3.34. The number of para-hydroxylation sites is 1. The van der Waals surface area contributed by atoms with E-state index in [1.54, 1.807) is 9.95 Å². The highest BCUT2D eigenvalue weighted by Gasteiger charge is 2.08. The first kappa shape index (κ1) is 14.3. The van der Waals surface area contributed by atoms with Crippen LogP contribution in [0.4, 0.5) is 5.69 Å². The zero-order chi connectivity index (χ0) is 13.8. The molecule has 6 heteroatoms. The van der Waals surface area contributed by atoms with E-state index in [-0.39, 0.29) is 10.8 Å². The van der Waals surface area contributed by atoms with Gasteiger partial charge in [-0.3, -0.25) is 9.59 Å². The molecule has 0 bridgehead atoms. The fraction of sp³-hybridized carbons (Fsp3) is 0.231. The van der Waals surface area contributed by atoms with E-state index in [0.29, 0.717) is 13.0 Å². The van der Waals surface area contributed by atoms with Gasteiger partial charge >= 0.3 is 4.87 Å². The standard InChI is InChI=1S/C13H13IN2O2S/c1-9-8-19-13(18)16(9)7-6-12(17)15-11-5-3-2-4-10(11)14/h2-5,8H,6-7H2,1H3,(H,15,17). The van der Waals surface area contributed by atoms with Crippen LogP contribution in [0.3, 0.4) is 0 Å². The van der Waals surface area contributed by atoms with Gasteiger partial charge in [0.25, 0.3) is 0 Å². The molecule has 2 aromatic rings. The summed E-state index contributed by atoms with van der Waals surface area (Å²) in [5, 5.41) is 4.66. The fourth-order valence-electron chi connectivity index (χ4n) is 1.66. The number of rotatable bonds is 4. The molecule has 0 aliphatic carbocycles. The summed E-state index contributed by atoms with van der Waals surface area (Å²) in [6.07, 6.45) is 0.294. The highest BCUT2D eigenvalue weighted by atomic mass is 127. The van der Waals surface area contributed by atoms with Gasteiger partial charge in [-0.1, -0.05) is 23.5 Å². The van der Waals surface area contributed by atoms with Gasteiger partial charge in [-0.15, -0.1) is 0 Å². The van der Waals surface area contributed by atoms with E-state index in [9.17, 15) is 9.59 Å². The summed E-state index contributed by atoms with van der Waals surface area (Å²) in [7, 11) is 0. The zero-order valence-electron chi connectivity index (χ0n) is 10.4. The number of hydrogen-bond donors (Lipinski definition) is 1. The number of aryl methyl sites for hydroxylation is 1. The molecule has 1 N–H and O–H groups in total. The molecule has 1 aromatic heterocycles. The molecule has 0 aliphatic heterocycles. The number of halogens is 1. The van der Waals surface area contributed by atoms with Crippen molar-refractivity contribution in [2.24, 2.45) is 0 Å². The number of nitrogens with zero attached hydrogens (tertiary/aromatic N) is 1. The number of amides is 1. The first-order valence-electron chi connectivity index (χ1n) is 5.77. The van der Waals surface area contributed by atoms with E-state index < -0.39 is 0 Å². The van der Waals surface area contributed by atoms with Crippen molar-refractivity contribution < 1.29 is 4.79 Å². The molecule has 1 amide bonds. The predicted molar refractivity (Wildman–Crippen MR) is 85.7 cm³/mol. The van der Waals surface area contributed by atoms with Gasteiger partial charge in [0.15, 0.2) is 0 Å². The van der Waals surface area contributed by atoms with E-state index in [1.807, 2.05) is 31.2 Å². The van der Waals surface area contributed by atoms with Crippen LogP contribution in [0, 0.1) is 10.5 Å². The molecule has 4 nitrogen and oxygen atoms in total. The molecule has 0 unspecified atom stereocenters. The normalized spacial score (nSPS) is 10.4. The van der Waals surface area contributed by atoms with Gasteiger partial charge in [0.2, 0.25) is 5.91 Å². The Hall–Kier alpha value is -1.15. The van der Waals surface area contributed by atoms with Crippen molar-refractivity contribution in [1.29, 1.82) is 0 Å². The van der Waals surface area contributed by atoms with Crippen LogP contribution < -0.4 is 10.2 Å². The first-order valence-corrected chi connectivity index (χ1v) is 7.73. The molecule has 0 fully saturated rings. The maximum absolute atomic E-state index is 11.9. The van der Waals surface area contributed by atoms with Crippen molar-refractivity contribution in [3.63, 3.8) is 0 Å². The molecule has 2 rings (SSSR count). The summed E-state index contributed by atoms with van der Waals surface area (Å²) in [6, 6.07) is 7.60. The van der Waals surface area contributed by atoms with Crippen molar-refractivity contribution >= 4 is 45.5 Å². The van der Waals surface area contributed by atoms with Gasteiger partial charge in [-0.25, -0.2) is 0 Å². The Morgan fingerprint density at radius 1 is 1.42 bits per heavy atom. The highest BCUT2D eigenvalue weighted by Crippen LogP contribution is 2.17. The summed E-state index contributed by atoms with van der Waals surface area (Å²) in [6.45, 7) is 2.29. The monoisotopic (exact) mass is 388 g/mol. The third kappa shape index (κ3) is 3.66. The Kier molecular flexibility index (Phi) is 4.76. The van der Waals surface area contributed by atoms with Crippen LogP contribution in [0.1, 0.15) is 12.1 Å². The maximum atomic E-state index is 11.9. The van der Waals surface area contributed by atoms with Crippen LogP contribution >= 0.6 is 33.9 Å². The number of carbonyl (C=O) groups excluding carboxylic acids is 1. The molecule has 19 heavy (non-hydrogen) atoms. The van der Waals surface area contributed by atoms with Gasteiger partial charge in [-0.05, 0) is 41.6 Å². The zero-order valence-corrected chi connectivity index (χ0v) is 13.3. The molecule has 100 valence electrons. The smallest absolute Gasteiger partial charge is 0.307 e. The number of hydrogen-bond acceptors (Lipinski definition) is 3.